The summed E-state index contributed by atoms with van der Waals surface area (Å²) in [5.41, 5.74) is 0.913. The Morgan fingerprint density at radius 3 is 2.67 bits per heavy atom. The van der Waals surface area contributed by atoms with Crippen molar-refractivity contribution in [3.8, 4) is 5.75 Å². The predicted octanol–water partition coefficient (Wildman–Crippen LogP) is 1.76. The van der Waals surface area contributed by atoms with Gasteiger partial charge in [0, 0.05) is 56.7 Å². The Balaban J connectivity index is 1.32. The molecule has 0 unspecified atom stereocenters. The first-order valence-corrected chi connectivity index (χ1v) is 9.39. The average Bonchev–Trinajstić information content (AvgIpc) is 2.68. The summed E-state index contributed by atoms with van der Waals surface area (Å²) in [6.45, 7) is 6.94. The van der Waals surface area contributed by atoms with E-state index in [-0.39, 0.29) is 12.5 Å². The second kappa shape index (κ2) is 9.53. The summed E-state index contributed by atoms with van der Waals surface area (Å²) in [5.74, 6) is 1.33. The van der Waals surface area contributed by atoms with E-state index in [2.05, 4.69) is 25.1 Å². The minimum Gasteiger partial charge on any atom is -0.484 e. The molecule has 0 aliphatic carbocycles. The molecule has 3 rings (SSSR count). The first-order chi connectivity index (χ1) is 13.1. The fraction of sp³-hybridized carbons (Fsp3) is 0.421. The Labute approximate surface area is 164 Å². The van der Waals surface area contributed by atoms with Crippen molar-refractivity contribution in [2.24, 2.45) is 0 Å². The number of ether oxygens (including phenoxy) is 1. The van der Waals surface area contributed by atoms with E-state index >= 15 is 0 Å². The second-order valence-electron chi connectivity index (χ2n) is 6.43. The number of aromatic nitrogens is 2. The lowest BCUT2D eigenvalue weighted by molar-refractivity contribution is -0.123. The lowest BCUT2D eigenvalue weighted by Gasteiger charge is -2.34. The number of hydrogen-bond donors (Lipinski definition) is 1. The van der Waals surface area contributed by atoms with Crippen LogP contribution in [0, 0.1) is 6.92 Å². The van der Waals surface area contributed by atoms with Crippen LogP contribution in [0.25, 0.3) is 0 Å². The van der Waals surface area contributed by atoms with Gasteiger partial charge in [-0.1, -0.05) is 11.6 Å². The molecule has 0 atom stereocenters. The standard InChI is InChI=1S/C19H24ClN5O2/c1-15-13-16(20)3-4-17(15)27-14-18(26)21-7-8-24-9-11-25(12-10-24)19-22-5-2-6-23-19/h2-6,13H,7-12,14H2,1H3,(H,21,26). The van der Waals surface area contributed by atoms with E-state index in [1.807, 2.05) is 19.1 Å². The Morgan fingerprint density at radius 1 is 1.22 bits per heavy atom. The highest BCUT2D eigenvalue weighted by atomic mass is 35.5. The first-order valence-electron chi connectivity index (χ1n) is 9.02. The van der Waals surface area contributed by atoms with Crippen molar-refractivity contribution in [3.05, 3.63) is 47.2 Å². The third-order valence-corrected chi connectivity index (χ3v) is 4.69. The molecule has 1 amide bonds. The van der Waals surface area contributed by atoms with E-state index in [0.29, 0.717) is 17.3 Å². The van der Waals surface area contributed by atoms with Crippen molar-refractivity contribution in [2.45, 2.75) is 6.92 Å². The molecule has 2 aromatic rings. The van der Waals surface area contributed by atoms with Crippen molar-refractivity contribution < 1.29 is 9.53 Å². The van der Waals surface area contributed by atoms with Gasteiger partial charge in [0.15, 0.2) is 6.61 Å². The van der Waals surface area contributed by atoms with Crippen molar-refractivity contribution in [2.75, 3.05) is 50.8 Å². The summed E-state index contributed by atoms with van der Waals surface area (Å²) in [5, 5.41) is 3.56. The minimum absolute atomic E-state index is 0.00158. The van der Waals surface area contributed by atoms with Crippen molar-refractivity contribution >= 4 is 23.5 Å². The van der Waals surface area contributed by atoms with E-state index in [0.717, 1.165) is 44.2 Å². The number of nitrogens with zero attached hydrogens (tertiary/aromatic N) is 4. The lowest BCUT2D eigenvalue weighted by Crippen LogP contribution is -2.49. The molecule has 1 aromatic carbocycles. The van der Waals surface area contributed by atoms with Gasteiger partial charge in [0.25, 0.3) is 5.91 Å². The van der Waals surface area contributed by atoms with Crippen LogP contribution in [0.15, 0.2) is 36.7 Å². The van der Waals surface area contributed by atoms with Gasteiger partial charge in [0.1, 0.15) is 5.75 Å². The van der Waals surface area contributed by atoms with E-state index in [1.165, 1.54) is 0 Å². The maximum Gasteiger partial charge on any atom is 0.257 e. The van der Waals surface area contributed by atoms with Crippen LogP contribution in [-0.4, -0.2) is 66.7 Å². The molecule has 27 heavy (non-hydrogen) atoms. The zero-order valence-electron chi connectivity index (χ0n) is 15.4. The summed E-state index contributed by atoms with van der Waals surface area (Å²) in [7, 11) is 0. The van der Waals surface area contributed by atoms with Crippen LogP contribution >= 0.6 is 11.6 Å². The van der Waals surface area contributed by atoms with Crippen LogP contribution in [0.1, 0.15) is 5.56 Å². The second-order valence-corrected chi connectivity index (χ2v) is 6.86. The summed E-state index contributed by atoms with van der Waals surface area (Å²) < 4.78 is 5.55. The fourth-order valence-electron chi connectivity index (χ4n) is 2.95. The van der Waals surface area contributed by atoms with Crippen molar-refractivity contribution in [1.82, 2.24) is 20.2 Å². The highest BCUT2D eigenvalue weighted by Gasteiger charge is 2.18. The molecule has 1 aliphatic rings. The monoisotopic (exact) mass is 389 g/mol. The number of piperazine rings is 1. The van der Waals surface area contributed by atoms with Crippen molar-refractivity contribution in [1.29, 1.82) is 0 Å². The van der Waals surface area contributed by atoms with Crippen LogP contribution < -0.4 is 15.0 Å². The number of halogens is 1. The largest absolute Gasteiger partial charge is 0.484 e. The molecule has 0 radical (unpaired) electrons. The van der Waals surface area contributed by atoms with Gasteiger partial charge in [-0.2, -0.15) is 0 Å². The zero-order valence-corrected chi connectivity index (χ0v) is 16.2. The van der Waals surface area contributed by atoms with Gasteiger partial charge in [0.05, 0.1) is 0 Å². The molecule has 144 valence electrons. The van der Waals surface area contributed by atoms with Crippen LogP contribution in [0.5, 0.6) is 5.75 Å². The van der Waals surface area contributed by atoms with Gasteiger partial charge >= 0.3 is 0 Å². The van der Waals surface area contributed by atoms with E-state index in [4.69, 9.17) is 16.3 Å². The van der Waals surface area contributed by atoms with Gasteiger partial charge < -0.3 is 15.0 Å². The number of carbonyl (C=O) groups is 1. The van der Waals surface area contributed by atoms with Crippen LogP contribution in [0.3, 0.4) is 0 Å². The van der Waals surface area contributed by atoms with Gasteiger partial charge in [-0.3, -0.25) is 9.69 Å². The molecule has 1 saturated heterocycles. The number of nitrogens with one attached hydrogen (secondary N) is 1. The van der Waals surface area contributed by atoms with Gasteiger partial charge in [-0.15, -0.1) is 0 Å². The topological polar surface area (TPSA) is 70.6 Å². The highest BCUT2D eigenvalue weighted by molar-refractivity contribution is 6.30. The summed E-state index contributed by atoms with van der Waals surface area (Å²) in [6, 6.07) is 7.16. The number of anilines is 1. The highest BCUT2D eigenvalue weighted by Crippen LogP contribution is 2.21. The lowest BCUT2D eigenvalue weighted by atomic mass is 10.2. The predicted molar refractivity (Wildman–Crippen MR) is 105 cm³/mol. The minimum atomic E-state index is -0.124. The molecule has 0 bridgehead atoms. The quantitative estimate of drug-likeness (QED) is 0.778. The smallest absolute Gasteiger partial charge is 0.257 e. The summed E-state index contributed by atoms with van der Waals surface area (Å²) in [4.78, 5) is 25.0. The number of rotatable bonds is 7. The van der Waals surface area contributed by atoms with Gasteiger partial charge in [-0.05, 0) is 36.8 Å². The van der Waals surface area contributed by atoms with E-state index in [1.54, 1.807) is 24.5 Å². The average molecular weight is 390 g/mol. The first kappa shape index (κ1) is 19.4. The third kappa shape index (κ3) is 5.80. The number of benzene rings is 1. The molecule has 1 aliphatic heterocycles. The number of amides is 1. The molecular weight excluding hydrogens is 366 g/mol. The van der Waals surface area contributed by atoms with Crippen LogP contribution in [-0.2, 0) is 4.79 Å². The Hall–Kier alpha value is -2.38. The Morgan fingerprint density at radius 2 is 1.96 bits per heavy atom. The molecule has 1 N–H and O–H groups in total. The maximum atomic E-state index is 12.0. The molecule has 7 nitrogen and oxygen atoms in total. The fourth-order valence-corrected chi connectivity index (χ4v) is 3.18. The zero-order chi connectivity index (χ0) is 19.1. The van der Waals surface area contributed by atoms with Crippen molar-refractivity contribution in [3.63, 3.8) is 0 Å². The number of aryl methyl sites for hydroxylation is 1. The number of hydrogen-bond acceptors (Lipinski definition) is 6. The third-order valence-electron chi connectivity index (χ3n) is 4.45. The molecule has 1 aromatic heterocycles. The normalized spacial score (nSPS) is 14.8. The summed E-state index contributed by atoms with van der Waals surface area (Å²) in [6.07, 6.45) is 3.52. The van der Waals surface area contributed by atoms with Gasteiger partial charge in [-0.25, -0.2) is 9.97 Å². The molecule has 0 saturated carbocycles. The molecule has 0 spiro atoms. The molecule has 2 heterocycles. The molecule has 8 heteroatoms. The van der Waals surface area contributed by atoms with E-state index in [9.17, 15) is 4.79 Å². The SMILES string of the molecule is Cc1cc(Cl)ccc1OCC(=O)NCCN1CCN(c2ncccn2)CC1. The van der Waals surface area contributed by atoms with E-state index < -0.39 is 0 Å². The summed E-state index contributed by atoms with van der Waals surface area (Å²) >= 11 is 5.92. The van der Waals surface area contributed by atoms with Crippen LogP contribution in [0.4, 0.5) is 5.95 Å². The Kier molecular flexibility index (Phi) is 6.84. The number of carbonyl (C=O) groups excluding carboxylic acids is 1. The van der Waals surface area contributed by atoms with Crippen LogP contribution in [0.2, 0.25) is 5.02 Å². The molecule has 1 fully saturated rings. The van der Waals surface area contributed by atoms with Gasteiger partial charge in [0.2, 0.25) is 5.95 Å². The maximum absolute atomic E-state index is 12.0. The Bertz CT molecular complexity index is 751. The molecular formula is C19H24ClN5O2.